The molecule has 0 N–H and O–H groups in total. The van der Waals surface area contributed by atoms with Crippen molar-refractivity contribution < 1.29 is 0 Å². The molecule has 34 heavy (non-hydrogen) atoms. The Hall–Kier alpha value is -3.30. The van der Waals surface area contributed by atoms with Crippen molar-refractivity contribution >= 4 is 45.8 Å². The van der Waals surface area contributed by atoms with Crippen molar-refractivity contribution in [3.8, 4) is 11.4 Å². The van der Waals surface area contributed by atoms with Crippen LogP contribution in [0.15, 0.2) is 47.8 Å². The van der Waals surface area contributed by atoms with Gasteiger partial charge >= 0.3 is 5.69 Å². The first-order valence-corrected chi connectivity index (χ1v) is 11.9. The average molecular weight is 492 g/mol. The Morgan fingerprint density at radius 1 is 1.21 bits per heavy atom. The molecule has 1 fully saturated rings. The van der Waals surface area contributed by atoms with E-state index in [9.17, 15) is 4.79 Å². The molecular weight excluding hydrogens is 470 g/mol. The van der Waals surface area contributed by atoms with Crippen molar-refractivity contribution in [2.45, 2.75) is 25.9 Å². The number of para-hydroxylation sites is 1. The van der Waals surface area contributed by atoms with Crippen LogP contribution in [0, 0.1) is 10.6 Å². The second-order valence-corrected chi connectivity index (χ2v) is 9.70. The third-order valence-corrected chi connectivity index (χ3v) is 7.34. The normalized spacial score (nSPS) is 13.9. The van der Waals surface area contributed by atoms with Gasteiger partial charge in [-0.3, -0.25) is 18.8 Å². The van der Waals surface area contributed by atoms with Gasteiger partial charge in [-0.25, -0.2) is 9.78 Å². The summed E-state index contributed by atoms with van der Waals surface area (Å²) in [5, 5.41) is 7.34. The molecule has 0 atom stereocenters. The Balaban J connectivity index is 1.66. The van der Waals surface area contributed by atoms with E-state index in [1.54, 1.807) is 34.9 Å². The van der Waals surface area contributed by atoms with Gasteiger partial charge in [0.2, 0.25) is 0 Å². The Bertz CT molecular complexity index is 1710. The lowest BCUT2D eigenvalue weighted by atomic mass is 10.1. The van der Waals surface area contributed by atoms with Crippen molar-refractivity contribution in [1.82, 2.24) is 33.4 Å². The predicted molar refractivity (Wildman–Crippen MR) is 135 cm³/mol. The van der Waals surface area contributed by atoms with E-state index in [0.29, 0.717) is 34.3 Å². The molecule has 1 aliphatic carbocycles. The van der Waals surface area contributed by atoms with E-state index in [4.69, 9.17) is 28.9 Å². The Labute approximate surface area is 205 Å². The van der Waals surface area contributed by atoms with E-state index >= 15 is 0 Å². The number of nitrogens with zero attached hydrogens (tertiary/aromatic N) is 7. The highest BCUT2D eigenvalue weighted by Gasteiger charge is 2.27. The SMILES string of the molecule is Cn1cncc1-c1c2c(=S)n(C)c(=O)n(CC3CC3)c2nn1Cc1ccnc2c(Cl)cccc12. The Morgan fingerprint density at radius 3 is 2.76 bits per heavy atom. The van der Waals surface area contributed by atoms with Crippen LogP contribution in [0.3, 0.4) is 0 Å². The van der Waals surface area contributed by atoms with Crippen molar-refractivity contribution in [1.29, 1.82) is 0 Å². The van der Waals surface area contributed by atoms with Crippen molar-refractivity contribution in [2.75, 3.05) is 0 Å². The molecule has 0 unspecified atom stereocenters. The molecule has 1 saturated carbocycles. The lowest BCUT2D eigenvalue weighted by Crippen LogP contribution is -2.30. The third-order valence-electron chi connectivity index (χ3n) is 6.56. The minimum Gasteiger partial charge on any atom is -0.332 e. The zero-order valence-electron chi connectivity index (χ0n) is 18.8. The van der Waals surface area contributed by atoms with Crippen LogP contribution in [-0.4, -0.2) is 33.4 Å². The van der Waals surface area contributed by atoms with Crippen molar-refractivity contribution in [2.24, 2.45) is 20.0 Å². The van der Waals surface area contributed by atoms with E-state index in [1.807, 2.05) is 40.6 Å². The predicted octanol–water partition coefficient (Wildman–Crippen LogP) is 4.33. The van der Waals surface area contributed by atoms with Crippen LogP contribution in [0.4, 0.5) is 0 Å². The molecule has 0 amide bonds. The zero-order valence-corrected chi connectivity index (χ0v) is 20.3. The first-order valence-electron chi connectivity index (χ1n) is 11.1. The molecule has 4 heterocycles. The molecule has 172 valence electrons. The summed E-state index contributed by atoms with van der Waals surface area (Å²) in [5.41, 5.74) is 3.98. The number of hydrogen-bond donors (Lipinski definition) is 0. The molecule has 8 nitrogen and oxygen atoms in total. The van der Waals surface area contributed by atoms with Gasteiger partial charge in [-0.2, -0.15) is 5.10 Å². The van der Waals surface area contributed by atoms with Crippen LogP contribution in [0.1, 0.15) is 18.4 Å². The second kappa shape index (κ2) is 7.89. The smallest absolute Gasteiger partial charge is 0.330 e. The Morgan fingerprint density at radius 2 is 2.03 bits per heavy atom. The number of rotatable bonds is 5. The number of hydrogen-bond acceptors (Lipinski definition) is 5. The van der Waals surface area contributed by atoms with Crippen molar-refractivity contribution in [3.63, 3.8) is 0 Å². The minimum atomic E-state index is -0.133. The number of benzene rings is 1. The molecule has 0 spiro atoms. The highest BCUT2D eigenvalue weighted by atomic mass is 35.5. The summed E-state index contributed by atoms with van der Waals surface area (Å²) in [6.45, 7) is 1.11. The molecule has 0 bridgehead atoms. The quantitative estimate of drug-likeness (QED) is 0.342. The first kappa shape index (κ1) is 21.2. The molecule has 6 rings (SSSR count). The standard InChI is InChI=1S/C24H22ClN7OS/c1-29-13-26-10-18(29)21-19-22(31(11-14-6-7-14)24(33)30(2)23(19)34)28-32(21)12-15-8-9-27-20-16(15)4-3-5-17(20)25/h3-5,8-10,13-14H,6-7,11-12H2,1-2H3. The summed E-state index contributed by atoms with van der Waals surface area (Å²) in [7, 11) is 3.67. The van der Waals surface area contributed by atoms with Gasteiger partial charge in [0.1, 0.15) is 4.64 Å². The zero-order chi connectivity index (χ0) is 23.6. The van der Waals surface area contributed by atoms with Gasteiger partial charge < -0.3 is 4.57 Å². The van der Waals surface area contributed by atoms with Gasteiger partial charge in [-0.15, -0.1) is 0 Å². The van der Waals surface area contributed by atoms with E-state index in [1.165, 1.54) is 0 Å². The summed E-state index contributed by atoms with van der Waals surface area (Å²) >= 11 is 12.2. The van der Waals surface area contributed by atoms with E-state index < -0.39 is 0 Å². The van der Waals surface area contributed by atoms with Crippen LogP contribution >= 0.6 is 23.8 Å². The van der Waals surface area contributed by atoms with Gasteiger partial charge in [0, 0.05) is 32.2 Å². The first-order chi connectivity index (χ1) is 16.4. The van der Waals surface area contributed by atoms with E-state index in [2.05, 4.69) is 9.97 Å². The van der Waals surface area contributed by atoms with Gasteiger partial charge in [-0.05, 0) is 36.5 Å². The summed E-state index contributed by atoms with van der Waals surface area (Å²) in [6.07, 6.45) is 7.58. The summed E-state index contributed by atoms with van der Waals surface area (Å²) in [5.74, 6) is 0.508. The average Bonchev–Trinajstić information content (AvgIpc) is 3.44. The maximum absolute atomic E-state index is 13.2. The molecule has 10 heteroatoms. The van der Waals surface area contributed by atoms with Crippen LogP contribution < -0.4 is 5.69 Å². The largest absolute Gasteiger partial charge is 0.332 e. The molecule has 0 aliphatic heterocycles. The monoisotopic (exact) mass is 491 g/mol. The van der Waals surface area contributed by atoms with Gasteiger partial charge in [0.05, 0.1) is 46.4 Å². The molecule has 5 aromatic rings. The van der Waals surface area contributed by atoms with Crippen LogP contribution in [0.2, 0.25) is 5.02 Å². The lowest BCUT2D eigenvalue weighted by molar-refractivity contribution is 0.575. The number of halogens is 1. The van der Waals surface area contributed by atoms with E-state index in [-0.39, 0.29) is 5.69 Å². The molecular formula is C24H22ClN7OS. The number of imidazole rings is 1. The highest BCUT2D eigenvalue weighted by Crippen LogP contribution is 2.34. The summed E-state index contributed by atoms with van der Waals surface area (Å²) in [6, 6.07) is 7.75. The fourth-order valence-corrected chi connectivity index (χ4v) is 5.03. The molecule has 4 aromatic heterocycles. The highest BCUT2D eigenvalue weighted by molar-refractivity contribution is 7.71. The molecule has 1 aromatic carbocycles. The summed E-state index contributed by atoms with van der Waals surface area (Å²) < 4.78 is 7.67. The number of aryl methyl sites for hydroxylation is 1. The number of pyridine rings is 1. The minimum absolute atomic E-state index is 0.133. The fraction of sp³-hybridized carbons (Fsp3) is 0.292. The van der Waals surface area contributed by atoms with E-state index in [0.717, 1.165) is 46.1 Å². The van der Waals surface area contributed by atoms with Crippen molar-refractivity contribution in [3.05, 3.63) is 68.7 Å². The van der Waals surface area contributed by atoms with Gasteiger partial charge in [0.25, 0.3) is 0 Å². The fourth-order valence-electron chi connectivity index (χ4n) is 4.54. The second-order valence-electron chi connectivity index (χ2n) is 8.90. The van der Waals surface area contributed by atoms with Crippen LogP contribution in [-0.2, 0) is 27.2 Å². The lowest BCUT2D eigenvalue weighted by Gasteiger charge is -2.11. The maximum atomic E-state index is 13.2. The topological polar surface area (TPSA) is 75.5 Å². The molecule has 1 aliphatic rings. The van der Waals surface area contributed by atoms with Gasteiger partial charge in [-0.1, -0.05) is 36.0 Å². The maximum Gasteiger partial charge on any atom is 0.330 e. The number of aromatic nitrogens is 7. The summed E-state index contributed by atoms with van der Waals surface area (Å²) in [4.78, 5) is 22.0. The molecule has 0 radical (unpaired) electrons. The molecule has 0 saturated heterocycles. The van der Waals surface area contributed by atoms with Crippen LogP contribution in [0.5, 0.6) is 0 Å². The van der Waals surface area contributed by atoms with Crippen LogP contribution in [0.25, 0.3) is 33.3 Å². The van der Waals surface area contributed by atoms with Gasteiger partial charge in [0.15, 0.2) is 5.65 Å². The third kappa shape index (κ3) is 3.30. The number of fused-ring (bicyclic) bond motifs is 2. The Kier molecular flexibility index (Phi) is 4.93.